The molecule has 1 aliphatic rings. The Hall–Kier alpha value is -2.20. The number of aryl methyl sites for hydroxylation is 1. The summed E-state index contributed by atoms with van der Waals surface area (Å²) >= 11 is 2.54. The van der Waals surface area contributed by atoms with Crippen molar-refractivity contribution in [3.05, 3.63) is 29.1 Å². The molecule has 2 aromatic rings. The van der Waals surface area contributed by atoms with Crippen LogP contribution in [0.15, 0.2) is 17.8 Å². The van der Waals surface area contributed by atoms with E-state index in [4.69, 9.17) is 0 Å². The fraction of sp³-hybridized carbons (Fsp3) is 0.571. The molecule has 0 aromatic carbocycles. The van der Waals surface area contributed by atoms with E-state index in [9.17, 15) is 9.59 Å². The Morgan fingerprint density at radius 2 is 2.03 bits per heavy atom. The van der Waals surface area contributed by atoms with Gasteiger partial charge in [-0.25, -0.2) is 4.98 Å². The Balaban J connectivity index is 1.60. The second-order valence-electron chi connectivity index (χ2n) is 7.98. The lowest BCUT2D eigenvalue weighted by Gasteiger charge is -2.21. The first kappa shape index (κ1) is 23.5. The molecule has 0 atom stereocenters. The summed E-state index contributed by atoms with van der Waals surface area (Å²) < 4.78 is 2.06. The summed E-state index contributed by atoms with van der Waals surface area (Å²) in [5.41, 5.74) is 0.615. The number of anilines is 1. The summed E-state index contributed by atoms with van der Waals surface area (Å²) in [6, 6.07) is 0. The maximum Gasteiger partial charge on any atom is 0.265 e. The highest BCUT2D eigenvalue weighted by molar-refractivity contribution is 7.99. The molecule has 3 rings (SSSR count). The summed E-state index contributed by atoms with van der Waals surface area (Å²) in [6.07, 6.45) is 9.17. The molecule has 0 radical (unpaired) electrons. The maximum atomic E-state index is 12.5. The summed E-state index contributed by atoms with van der Waals surface area (Å²) in [7, 11) is 3.39. The molecule has 10 heteroatoms. The molecule has 0 bridgehead atoms. The summed E-state index contributed by atoms with van der Waals surface area (Å²) in [5.74, 6) is 1.51. The lowest BCUT2D eigenvalue weighted by molar-refractivity contribution is -0.113. The second kappa shape index (κ2) is 10.9. The van der Waals surface area contributed by atoms with Crippen molar-refractivity contribution in [3.63, 3.8) is 0 Å². The van der Waals surface area contributed by atoms with Crippen molar-refractivity contribution in [2.75, 3.05) is 25.2 Å². The number of carbonyl (C=O) groups is 2. The Morgan fingerprint density at radius 1 is 1.29 bits per heavy atom. The molecule has 0 saturated heterocycles. The fourth-order valence-corrected chi connectivity index (χ4v) is 5.45. The number of amides is 2. The van der Waals surface area contributed by atoms with Crippen LogP contribution in [0.5, 0.6) is 0 Å². The number of carbonyl (C=O) groups excluding carboxylic acids is 2. The van der Waals surface area contributed by atoms with E-state index < -0.39 is 0 Å². The monoisotopic (exact) mass is 462 g/mol. The lowest BCUT2D eigenvalue weighted by Crippen LogP contribution is -2.21. The predicted molar refractivity (Wildman–Crippen MR) is 125 cm³/mol. The molecular formula is C21H30N6O2S2. The van der Waals surface area contributed by atoms with Gasteiger partial charge in [0.25, 0.3) is 5.91 Å². The predicted octanol–water partition coefficient (Wildman–Crippen LogP) is 3.78. The molecule has 168 valence electrons. The minimum atomic E-state index is -0.190. The van der Waals surface area contributed by atoms with Crippen LogP contribution in [0.4, 0.5) is 5.13 Å². The Kier molecular flexibility index (Phi) is 8.25. The first-order valence-corrected chi connectivity index (χ1v) is 12.3. The van der Waals surface area contributed by atoms with Gasteiger partial charge in [-0.1, -0.05) is 61.3 Å². The van der Waals surface area contributed by atoms with E-state index in [1.807, 2.05) is 6.08 Å². The van der Waals surface area contributed by atoms with Crippen LogP contribution in [0, 0.1) is 12.8 Å². The molecule has 1 aliphatic carbocycles. The summed E-state index contributed by atoms with van der Waals surface area (Å²) in [4.78, 5) is 31.0. The van der Waals surface area contributed by atoms with E-state index in [1.54, 1.807) is 21.0 Å². The van der Waals surface area contributed by atoms with Crippen molar-refractivity contribution in [1.82, 2.24) is 24.6 Å². The average Bonchev–Trinajstić information content (AvgIpc) is 3.29. The zero-order valence-corrected chi connectivity index (χ0v) is 20.0. The van der Waals surface area contributed by atoms with Crippen molar-refractivity contribution in [2.24, 2.45) is 5.92 Å². The van der Waals surface area contributed by atoms with Crippen molar-refractivity contribution in [2.45, 2.75) is 57.1 Å². The van der Waals surface area contributed by atoms with Crippen LogP contribution in [0.1, 0.15) is 53.3 Å². The van der Waals surface area contributed by atoms with E-state index in [-0.39, 0.29) is 17.6 Å². The van der Waals surface area contributed by atoms with E-state index in [2.05, 4.69) is 31.6 Å². The second-order valence-corrected chi connectivity index (χ2v) is 9.92. The number of thioether (sulfide) groups is 1. The highest BCUT2D eigenvalue weighted by Crippen LogP contribution is 2.28. The highest BCUT2D eigenvalue weighted by atomic mass is 32.2. The number of rotatable bonds is 9. The molecule has 0 unspecified atom stereocenters. The number of allylic oxidation sites excluding steroid dienone is 1. The number of nitrogens with one attached hydrogen (secondary N) is 1. The van der Waals surface area contributed by atoms with Gasteiger partial charge in [0.2, 0.25) is 5.91 Å². The highest BCUT2D eigenvalue weighted by Gasteiger charge is 2.21. The molecule has 1 fully saturated rings. The Bertz CT molecular complexity index is 930. The first-order valence-electron chi connectivity index (χ1n) is 10.5. The van der Waals surface area contributed by atoms with Crippen LogP contribution < -0.4 is 5.32 Å². The topological polar surface area (TPSA) is 93.0 Å². The third-order valence-electron chi connectivity index (χ3n) is 5.28. The molecule has 0 spiro atoms. The molecule has 31 heavy (non-hydrogen) atoms. The zero-order chi connectivity index (χ0) is 22.4. The molecule has 2 heterocycles. The maximum absolute atomic E-state index is 12.5. The van der Waals surface area contributed by atoms with E-state index in [0.717, 1.165) is 17.4 Å². The van der Waals surface area contributed by atoms with Crippen molar-refractivity contribution < 1.29 is 9.59 Å². The van der Waals surface area contributed by atoms with Crippen molar-refractivity contribution >= 4 is 40.0 Å². The third kappa shape index (κ3) is 6.16. The molecule has 0 aliphatic heterocycles. The molecule has 1 saturated carbocycles. The zero-order valence-electron chi connectivity index (χ0n) is 18.4. The minimum absolute atomic E-state index is 0.118. The normalized spacial score (nSPS) is 14.4. The van der Waals surface area contributed by atoms with Gasteiger partial charge in [-0.2, -0.15) is 0 Å². The van der Waals surface area contributed by atoms with Crippen molar-refractivity contribution in [3.8, 4) is 0 Å². The van der Waals surface area contributed by atoms with E-state index in [1.165, 1.54) is 60.1 Å². The minimum Gasteiger partial charge on any atom is -0.344 e. The van der Waals surface area contributed by atoms with Crippen LogP contribution in [-0.4, -0.2) is 56.3 Å². The van der Waals surface area contributed by atoms with Crippen molar-refractivity contribution in [1.29, 1.82) is 0 Å². The van der Waals surface area contributed by atoms with Gasteiger partial charge in [-0.05, 0) is 12.8 Å². The number of aromatic nitrogens is 4. The standard InChI is InChI=1S/C21H30N6O2S2/c1-5-11-27-16(12-15-9-7-6-8-10-15)24-25-21(27)30-13-17(28)23-20-22-14(2)18(31-20)19(29)26(3)4/h5,15H,1,6-13H2,2-4H3,(H,22,23,28). The van der Waals surface area contributed by atoms with Gasteiger partial charge >= 0.3 is 0 Å². The van der Waals surface area contributed by atoms with Crippen LogP contribution in [0.3, 0.4) is 0 Å². The van der Waals surface area contributed by atoms with Crippen LogP contribution >= 0.6 is 23.1 Å². The van der Waals surface area contributed by atoms with Crippen LogP contribution in [0.2, 0.25) is 0 Å². The van der Waals surface area contributed by atoms with Gasteiger partial charge in [-0.3, -0.25) is 9.59 Å². The largest absolute Gasteiger partial charge is 0.344 e. The van der Waals surface area contributed by atoms with Gasteiger partial charge < -0.3 is 14.8 Å². The molecule has 2 aromatic heterocycles. The van der Waals surface area contributed by atoms with Gasteiger partial charge in [0.15, 0.2) is 10.3 Å². The lowest BCUT2D eigenvalue weighted by atomic mass is 9.87. The van der Waals surface area contributed by atoms with Gasteiger partial charge in [-0.15, -0.1) is 16.8 Å². The molecule has 2 amide bonds. The summed E-state index contributed by atoms with van der Waals surface area (Å²) in [5, 5.41) is 12.7. The SMILES string of the molecule is C=CCn1c(CC2CCCCC2)nnc1SCC(=O)Nc1nc(C)c(C(=O)N(C)C)s1. The van der Waals surface area contributed by atoms with Gasteiger partial charge in [0, 0.05) is 27.1 Å². The van der Waals surface area contributed by atoms with E-state index in [0.29, 0.717) is 28.2 Å². The molecule has 8 nitrogen and oxygen atoms in total. The van der Waals surface area contributed by atoms with Gasteiger partial charge in [0.1, 0.15) is 10.7 Å². The smallest absolute Gasteiger partial charge is 0.265 e. The number of hydrogen-bond donors (Lipinski definition) is 1. The van der Waals surface area contributed by atoms with E-state index >= 15 is 0 Å². The quantitative estimate of drug-likeness (QED) is 0.450. The average molecular weight is 463 g/mol. The Morgan fingerprint density at radius 3 is 2.71 bits per heavy atom. The number of hydrogen-bond acceptors (Lipinski definition) is 7. The van der Waals surface area contributed by atoms with Crippen LogP contribution in [0.25, 0.3) is 0 Å². The molecular weight excluding hydrogens is 432 g/mol. The first-order chi connectivity index (χ1) is 14.9. The third-order valence-corrected chi connectivity index (χ3v) is 7.30. The Labute approximate surface area is 191 Å². The summed E-state index contributed by atoms with van der Waals surface area (Å²) in [6.45, 7) is 6.24. The van der Waals surface area contributed by atoms with Crippen LogP contribution in [-0.2, 0) is 17.8 Å². The number of nitrogens with zero attached hydrogens (tertiary/aromatic N) is 5. The van der Waals surface area contributed by atoms with Gasteiger partial charge in [0.05, 0.1) is 11.4 Å². The number of thiazole rings is 1. The fourth-order valence-electron chi connectivity index (χ4n) is 3.68. The molecule has 1 N–H and O–H groups in total.